The van der Waals surface area contributed by atoms with Crippen LogP contribution in [0.25, 0.3) is 0 Å². The van der Waals surface area contributed by atoms with Gasteiger partial charge in [-0.15, -0.1) is 0 Å². The lowest BCUT2D eigenvalue weighted by Crippen LogP contribution is -2.45. The Balaban J connectivity index is 1.55. The summed E-state index contributed by atoms with van der Waals surface area (Å²) >= 11 is 0. The molecule has 1 atom stereocenters. The average molecular weight is 322 g/mol. The van der Waals surface area contributed by atoms with Gasteiger partial charge in [-0.2, -0.15) is 0 Å². The van der Waals surface area contributed by atoms with Crippen LogP contribution in [-0.2, 0) is 11.2 Å². The lowest BCUT2D eigenvalue weighted by Gasteiger charge is -2.37. The minimum atomic E-state index is -2.57. The number of amides is 1. The van der Waals surface area contributed by atoms with Crippen molar-refractivity contribution in [2.24, 2.45) is 11.8 Å². The SMILES string of the molecule is O=C(C1CCC(F)(F)CC1)N1CCC[C@@H](Cc2ccccn2)C1. The van der Waals surface area contributed by atoms with Gasteiger partial charge in [0.15, 0.2) is 0 Å². The molecule has 1 aliphatic carbocycles. The van der Waals surface area contributed by atoms with Gasteiger partial charge in [0.25, 0.3) is 0 Å². The van der Waals surface area contributed by atoms with Crippen LogP contribution in [0.5, 0.6) is 0 Å². The third-order valence-corrected chi connectivity index (χ3v) is 5.12. The van der Waals surface area contributed by atoms with Crippen molar-refractivity contribution in [1.29, 1.82) is 0 Å². The summed E-state index contributed by atoms with van der Waals surface area (Å²) in [4.78, 5) is 18.9. The van der Waals surface area contributed by atoms with E-state index in [0.29, 0.717) is 18.8 Å². The van der Waals surface area contributed by atoms with Gasteiger partial charge in [0.1, 0.15) is 0 Å². The molecule has 2 fully saturated rings. The first kappa shape index (κ1) is 16.3. The molecule has 2 heterocycles. The van der Waals surface area contributed by atoms with E-state index in [9.17, 15) is 13.6 Å². The molecule has 3 nitrogen and oxygen atoms in total. The highest BCUT2D eigenvalue weighted by molar-refractivity contribution is 5.79. The van der Waals surface area contributed by atoms with Gasteiger partial charge in [-0.1, -0.05) is 6.07 Å². The first-order valence-electron chi connectivity index (χ1n) is 8.60. The quantitative estimate of drug-likeness (QED) is 0.850. The first-order chi connectivity index (χ1) is 11.0. The van der Waals surface area contributed by atoms with Crippen LogP contribution in [-0.4, -0.2) is 34.8 Å². The number of hydrogen-bond donors (Lipinski definition) is 0. The Bertz CT molecular complexity index is 525. The molecular weight excluding hydrogens is 298 g/mol. The van der Waals surface area contributed by atoms with Crippen LogP contribution < -0.4 is 0 Å². The number of aromatic nitrogens is 1. The summed E-state index contributed by atoms with van der Waals surface area (Å²) in [7, 11) is 0. The second kappa shape index (κ2) is 6.93. The van der Waals surface area contributed by atoms with Crippen LogP contribution in [0, 0.1) is 11.8 Å². The number of rotatable bonds is 3. The average Bonchev–Trinajstić information content (AvgIpc) is 2.55. The number of pyridine rings is 1. The van der Waals surface area contributed by atoms with Crippen LogP contribution in [0.1, 0.15) is 44.2 Å². The minimum absolute atomic E-state index is 0.0891. The number of piperidine rings is 1. The Hall–Kier alpha value is -1.52. The number of hydrogen-bond acceptors (Lipinski definition) is 2. The van der Waals surface area contributed by atoms with Crippen molar-refractivity contribution in [1.82, 2.24) is 9.88 Å². The standard InChI is InChI=1S/C18H24F2N2O/c19-18(20)8-6-15(7-9-18)17(23)22-11-3-4-14(13-22)12-16-5-1-2-10-21-16/h1-2,5,10,14-15H,3-4,6-9,11-13H2/t14-/m0/s1. The van der Waals surface area contributed by atoms with Gasteiger partial charge in [-0.3, -0.25) is 9.78 Å². The number of likely N-dealkylation sites (tertiary alicyclic amines) is 1. The van der Waals surface area contributed by atoms with E-state index in [1.807, 2.05) is 23.1 Å². The van der Waals surface area contributed by atoms with Crippen molar-refractivity contribution in [2.45, 2.75) is 50.9 Å². The molecule has 1 saturated heterocycles. The van der Waals surface area contributed by atoms with E-state index in [2.05, 4.69) is 4.98 Å². The smallest absolute Gasteiger partial charge is 0.248 e. The maximum atomic E-state index is 13.3. The number of alkyl halides is 2. The molecule has 5 heteroatoms. The van der Waals surface area contributed by atoms with Crippen LogP contribution in [0.4, 0.5) is 8.78 Å². The first-order valence-corrected chi connectivity index (χ1v) is 8.60. The molecule has 1 amide bonds. The minimum Gasteiger partial charge on any atom is -0.342 e. The summed E-state index contributed by atoms with van der Waals surface area (Å²) in [6, 6.07) is 5.90. The second-order valence-electron chi connectivity index (χ2n) is 6.95. The fourth-order valence-corrected chi connectivity index (χ4v) is 3.79. The Morgan fingerprint density at radius 3 is 2.74 bits per heavy atom. The predicted molar refractivity (Wildman–Crippen MR) is 84.2 cm³/mol. The van der Waals surface area contributed by atoms with Crippen molar-refractivity contribution >= 4 is 5.91 Å². The summed E-state index contributed by atoms with van der Waals surface area (Å²) in [5.41, 5.74) is 1.06. The van der Waals surface area contributed by atoms with E-state index >= 15 is 0 Å². The highest BCUT2D eigenvalue weighted by atomic mass is 19.3. The summed E-state index contributed by atoms with van der Waals surface area (Å²) in [5, 5.41) is 0. The van der Waals surface area contributed by atoms with Gasteiger partial charge < -0.3 is 4.90 Å². The summed E-state index contributed by atoms with van der Waals surface area (Å²) < 4.78 is 26.5. The van der Waals surface area contributed by atoms with Gasteiger partial charge in [-0.25, -0.2) is 8.78 Å². The van der Waals surface area contributed by atoms with E-state index < -0.39 is 5.92 Å². The lowest BCUT2D eigenvalue weighted by molar-refractivity contribution is -0.141. The molecule has 3 rings (SSSR count). The number of carbonyl (C=O) groups is 1. The number of carbonyl (C=O) groups excluding carboxylic acids is 1. The molecule has 1 aromatic heterocycles. The lowest BCUT2D eigenvalue weighted by atomic mass is 9.84. The van der Waals surface area contributed by atoms with Gasteiger partial charge in [-0.05, 0) is 50.2 Å². The van der Waals surface area contributed by atoms with Crippen LogP contribution in [0.15, 0.2) is 24.4 Å². The second-order valence-corrected chi connectivity index (χ2v) is 6.95. The highest BCUT2D eigenvalue weighted by Gasteiger charge is 2.39. The normalized spacial score (nSPS) is 25.3. The van der Waals surface area contributed by atoms with E-state index in [0.717, 1.165) is 38.0 Å². The fraction of sp³-hybridized carbons (Fsp3) is 0.667. The van der Waals surface area contributed by atoms with Crippen LogP contribution >= 0.6 is 0 Å². The Morgan fingerprint density at radius 1 is 1.26 bits per heavy atom. The zero-order chi connectivity index (χ0) is 16.3. The van der Waals surface area contributed by atoms with Gasteiger partial charge in [0.05, 0.1) is 0 Å². The van der Waals surface area contributed by atoms with E-state index in [4.69, 9.17) is 0 Å². The third kappa shape index (κ3) is 4.27. The fourth-order valence-electron chi connectivity index (χ4n) is 3.79. The molecular formula is C18H24F2N2O. The van der Waals surface area contributed by atoms with Gasteiger partial charge in [0.2, 0.25) is 11.8 Å². The summed E-state index contributed by atoms with van der Waals surface area (Å²) in [6.07, 6.45) is 5.13. The van der Waals surface area contributed by atoms with Crippen molar-refractivity contribution in [3.63, 3.8) is 0 Å². The monoisotopic (exact) mass is 322 g/mol. The van der Waals surface area contributed by atoms with E-state index in [-0.39, 0.29) is 24.7 Å². The molecule has 0 unspecified atom stereocenters. The zero-order valence-corrected chi connectivity index (χ0v) is 13.4. The highest BCUT2D eigenvalue weighted by Crippen LogP contribution is 2.37. The van der Waals surface area contributed by atoms with Crippen molar-refractivity contribution in [3.05, 3.63) is 30.1 Å². The summed E-state index contributed by atoms with van der Waals surface area (Å²) in [6.45, 7) is 1.51. The van der Waals surface area contributed by atoms with E-state index in [1.165, 1.54) is 0 Å². The summed E-state index contributed by atoms with van der Waals surface area (Å²) in [5.74, 6) is -2.26. The Labute approximate surface area is 136 Å². The van der Waals surface area contributed by atoms with Crippen LogP contribution in [0.2, 0.25) is 0 Å². The third-order valence-electron chi connectivity index (χ3n) is 5.12. The Morgan fingerprint density at radius 2 is 2.04 bits per heavy atom. The number of halogens is 2. The van der Waals surface area contributed by atoms with Gasteiger partial charge >= 0.3 is 0 Å². The molecule has 0 N–H and O–H groups in total. The maximum absolute atomic E-state index is 13.3. The maximum Gasteiger partial charge on any atom is 0.248 e. The largest absolute Gasteiger partial charge is 0.342 e. The van der Waals surface area contributed by atoms with E-state index in [1.54, 1.807) is 6.20 Å². The molecule has 0 spiro atoms. The molecule has 0 bridgehead atoms. The van der Waals surface area contributed by atoms with Crippen molar-refractivity contribution in [2.75, 3.05) is 13.1 Å². The molecule has 1 aromatic rings. The molecule has 23 heavy (non-hydrogen) atoms. The Kier molecular flexibility index (Phi) is 4.93. The number of nitrogens with zero attached hydrogens (tertiary/aromatic N) is 2. The van der Waals surface area contributed by atoms with Gasteiger partial charge in [0, 0.05) is 43.7 Å². The zero-order valence-electron chi connectivity index (χ0n) is 13.4. The molecule has 0 radical (unpaired) electrons. The molecule has 2 aliphatic rings. The topological polar surface area (TPSA) is 33.2 Å². The van der Waals surface area contributed by atoms with Crippen molar-refractivity contribution < 1.29 is 13.6 Å². The molecule has 1 aliphatic heterocycles. The molecule has 0 aromatic carbocycles. The molecule has 1 saturated carbocycles. The molecule has 126 valence electrons. The van der Waals surface area contributed by atoms with Crippen molar-refractivity contribution in [3.8, 4) is 0 Å². The predicted octanol–water partition coefficient (Wildman–Crippen LogP) is 3.69. The van der Waals surface area contributed by atoms with Crippen LogP contribution in [0.3, 0.4) is 0 Å².